The van der Waals surface area contributed by atoms with E-state index >= 15 is 0 Å². The van der Waals surface area contributed by atoms with Gasteiger partial charge in [-0.1, -0.05) is 47.1 Å². The van der Waals surface area contributed by atoms with E-state index in [1.165, 1.54) is 12.1 Å². The number of hydrogen-bond acceptors (Lipinski definition) is 7. The third kappa shape index (κ3) is 3.76. The Kier molecular flexibility index (Phi) is 4.78. The van der Waals surface area contributed by atoms with Gasteiger partial charge in [-0.25, -0.2) is 13.1 Å². The third-order valence-electron chi connectivity index (χ3n) is 3.54. The summed E-state index contributed by atoms with van der Waals surface area (Å²) in [6, 6.07) is 12.5. The molecule has 26 heavy (non-hydrogen) atoms. The van der Waals surface area contributed by atoms with Crippen molar-refractivity contribution in [2.75, 3.05) is 0 Å². The molecule has 0 saturated heterocycles. The van der Waals surface area contributed by atoms with Gasteiger partial charge in [-0.15, -0.1) is 0 Å². The smallest absolute Gasteiger partial charge is 0.289 e. The standard InChI is InChI=1S/C16H14N4O5S/c1-11-6-8-12(9-7-11)16-18-15(25-19-16)10-17-26(23,24)14-5-3-2-4-13(14)20(21)22/h2-9,17H,10H2,1H3. The van der Waals surface area contributed by atoms with Crippen molar-refractivity contribution >= 4 is 15.7 Å². The van der Waals surface area contributed by atoms with Crippen LogP contribution in [0.25, 0.3) is 11.4 Å². The van der Waals surface area contributed by atoms with Crippen molar-refractivity contribution in [3.63, 3.8) is 0 Å². The number of sulfonamides is 1. The summed E-state index contributed by atoms with van der Waals surface area (Å²) in [6.45, 7) is 1.66. The molecule has 3 aromatic rings. The van der Waals surface area contributed by atoms with Crippen molar-refractivity contribution in [3.8, 4) is 11.4 Å². The largest absolute Gasteiger partial charge is 0.338 e. The molecular weight excluding hydrogens is 360 g/mol. The van der Waals surface area contributed by atoms with Crippen LogP contribution in [0.3, 0.4) is 0 Å². The number of nitro benzene ring substituents is 1. The first-order valence-corrected chi connectivity index (χ1v) is 8.98. The van der Waals surface area contributed by atoms with E-state index in [2.05, 4.69) is 14.9 Å². The van der Waals surface area contributed by atoms with Crippen LogP contribution in [0.1, 0.15) is 11.5 Å². The molecule has 0 atom stereocenters. The molecule has 0 amide bonds. The molecule has 0 fully saturated rings. The number of nitro groups is 1. The number of aromatic nitrogens is 2. The average Bonchev–Trinajstić information content (AvgIpc) is 3.10. The highest BCUT2D eigenvalue weighted by Gasteiger charge is 2.25. The molecule has 0 aliphatic heterocycles. The zero-order valence-corrected chi connectivity index (χ0v) is 14.4. The second kappa shape index (κ2) is 7.02. The number of nitrogens with zero attached hydrogens (tertiary/aromatic N) is 3. The number of rotatable bonds is 6. The van der Waals surface area contributed by atoms with E-state index in [9.17, 15) is 18.5 Å². The summed E-state index contributed by atoms with van der Waals surface area (Å²) in [7, 11) is -4.11. The molecule has 1 aromatic heterocycles. The van der Waals surface area contributed by atoms with Crippen LogP contribution in [0, 0.1) is 17.0 Å². The topological polar surface area (TPSA) is 128 Å². The van der Waals surface area contributed by atoms with Crippen molar-refractivity contribution in [2.24, 2.45) is 0 Å². The Morgan fingerprint density at radius 3 is 2.54 bits per heavy atom. The first kappa shape index (κ1) is 17.7. The number of para-hydroxylation sites is 1. The van der Waals surface area contributed by atoms with Crippen LogP contribution in [-0.4, -0.2) is 23.5 Å². The fourth-order valence-electron chi connectivity index (χ4n) is 2.22. The number of aryl methyl sites for hydroxylation is 1. The van der Waals surface area contributed by atoms with Crippen molar-refractivity contribution in [2.45, 2.75) is 18.4 Å². The molecule has 3 rings (SSSR count). The zero-order chi connectivity index (χ0) is 18.7. The Morgan fingerprint density at radius 1 is 1.15 bits per heavy atom. The molecule has 0 radical (unpaired) electrons. The minimum absolute atomic E-state index is 0.0442. The molecule has 0 aliphatic rings. The van der Waals surface area contributed by atoms with E-state index in [-0.39, 0.29) is 12.4 Å². The Hall–Kier alpha value is -3.11. The van der Waals surface area contributed by atoms with E-state index in [1.807, 2.05) is 31.2 Å². The fraction of sp³-hybridized carbons (Fsp3) is 0.125. The summed E-state index contributed by atoms with van der Waals surface area (Å²) in [5.41, 5.74) is 1.30. The molecule has 10 heteroatoms. The van der Waals surface area contributed by atoms with Gasteiger partial charge in [0.25, 0.3) is 5.69 Å². The molecule has 9 nitrogen and oxygen atoms in total. The normalized spacial score (nSPS) is 11.4. The van der Waals surface area contributed by atoms with E-state index < -0.39 is 25.5 Å². The molecule has 0 spiro atoms. The summed E-state index contributed by atoms with van der Waals surface area (Å²) in [5.74, 6) is 0.368. The van der Waals surface area contributed by atoms with E-state index in [0.29, 0.717) is 5.82 Å². The van der Waals surface area contributed by atoms with E-state index in [4.69, 9.17) is 4.52 Å². The van der Waals surface area contributed by atoms with Crippen molar-refractivity contribution < 1.29 is 17.9 Å². The molecule has 0 saturated carbocycles. The Labute approximate surface area is 148 Å². The monoisotopic (exact) mass is 374 g/mol. The van der Waals surface area contributed by atoms with Gasteiger partial charge in [0.2, 0.25) is 21.7 Å². The van der Waals surface area contributed by atoms with Crippen LogP contribution < -0.4 is 4.72 Å². The Bertz CT molecular complexity index is 1040. The van der Waals surface area contributed by atoms with Gasteiger partial charge in [0.15, 0.2) is 4.90 Å². The Morgan fingerprint density at radius 2 is 1.85 bits per heavy atom. The quantitative estimate of drug-likeness (QED) is 0.518. The van der Waals surface area contributed by atoms with Gasteiger partial charge in [-0.2, -0.15) is 4.98 Å². The first-order chi connectivity index (χ1) is 12.4. The second-order valence-electron chi connectivity index (χ2n) is 5.43. The van der Waals surface area contributed by atoms with Crippen molar-refractivity contribution in [1.29, 1.82) is 0 Å². The predicted molar refractivity (Wildman–Crippen MR) is 91.6 cm³/mol. The molecule has 0 bridgehead atoms. The SMILES string of the molecule is Cc1ccc(-c2noc(CNS(=O)(=O)c3ccccc3[N+](=O)[O-])n2)cc1. The maximum atomic E-state index is 12.3. The van der Waals surface area contributed by atoms with Crippen LogP contribution in [0.15, 0.2) is 57.9 Å². The average molecular weight is 374 g/mol. The number of benzene rings is 2. The summed E-state index contributed by atoms with van der Waals surface area (Å²) in [6.07, 6.45) is 0. The molecule has 1 heterocycles. The lowest BCUT2D eigenvalue weighted by molar-refractivity contribution is -0.387. The minimum Gasteiger partial charge on any atom is -0.338 e. The second-order valence-corrected chi connectivity index (χ2v) is 7.16. The van der Waals surface area contributed by atoms with Gasteiger partial charge in [0.05, 0.1) is 11.5 Å². The van der Waals surface area contributed by atoms with Gasteiger partial charge in [-0.3, -0.25) is 10.1 Å². The summed E-state index contributed by atoms with van der Waals surface area (Å²) >= 11 is 0. The van der Waals surface area contributed by atoms with Crippen LogP contribution in [0.2, 0.25) is 0 Å². The van der Waals surface area contributed by atoms with Gasteiger partial charge in [0, 0.05) is 11.6 Å². The summed E-state index contributed by atoms with van der Waals surface area (Å²) in [5, 5.41) is 14.8. The van der Waals surface area contributed by atoms with Crippen molar-refractivity contribution in [1.82, 2.24) is 14.9 Å². The molecule has 0 aliphatic carbocycles. The fourth-order valence-corrected chi connectivity index (χ4v) is 3.36. The molecular formula is C16H14N4O5S. The molecule has 134 valence electrons. The van der Waals surface area contributed by atoms with Crippen molar-refractivity contribution in [3.05, 3.63) is 70.1 Å². The molecule has 2 aromatic carbocycles. The highest BCUT2D eigenvalue weighted by molar-refractivity contribution is 7.89. The van der Waals surface area contributed by atoms with E-state index in [0.717, 1.165) is 23.3 Å². The highest BCUT2D eigenvalue weighted by atomic mass is 32.2. The zero-order valence-electron chi connectivity index (χ0n) is 13.6. The first-order valence-electron chi connectivity index (χ1n) is 7.49. The number of nitrogens with one attached hydrogen (secondary N) is 1. The maximum Gasteiger partial charge on any atom is 0.289 e. The van der Waals surface area contributed by atoms with Gasteiger partial charge in [0.1, 0.15) is 0 Å². The van der Waals surface area contributed by atoms with Gasteiger partial charge < -0.3 is 4.52 Å². The predicted octanol–water partition coefficient (Wildman–Crippen LogP) is 2.43. The maximum absolute atomic E-state index is 12.3. The summed E-state index contributed by atoms with van der Waals surface area (Å²) in [4.78, 5) is 13.9. The van der Waals surface area contributed by atoms with E-state index in [1.54, 1.807) is 0 Å². The lowest BCUT2D eigenvalue weighted by Gasteiger charge is -2.05. The van der Waals surface area contributed by atoms with Gasteiger partial charge in [-0.05, 0) is 13.0 Å². The lowest BCUT2D eigenvalue weighted by Crippen LogP contribution is -2.24. The molecule has 1 N–H and O–H groups in total. The lowest BCUT2D eigenvalue weighted by atomic mass is 10.1. The van der Waals surface area contributed by atoms with Crippen LogP contribution in [-0.2, 0) is 16.6 Å². The summed E-state index contributed by atoms with van der Waals surface area (Å²) < 4.78 is 31.9. The highest BCUT2D eigenvalue weighted by Crippen LogP contribution is 2.23. The van der Waals surface area contributed by atoms with Crippen LogP contribution >= 0.6 is 0 Å². The number of hydrogen-bond donors (Lipinski definition) is 1. The minimum atomic E-state index is -4.11. The van der Waals surface area contributed by atoms with Gasteiger partial charge >= 0.3 is 0 Å². The third-order valence-corrected chi connectivity index (χ3v) is 4.99. The van der Waals surface area contributed by atoms with Crippen LogP contribution in [0.4, 0.5) is 5.69 Å². The molecule has 0 unspecified atom stereocenters. The van der Waals surface area contributed by atoms with Crippen LogP contribution in [0.5, 0.6) is 0 Å². The Balaban J connectivity index is 1.77.